The summed E-state index contributed by atoms with van der Waals surface area (Å²) < 4.78 is 0. The van der Waals surface area contributed by atoms with Crippen LogP contribution in [-0.4, -0.2) is 51.4 Å². The number of carbonyl (C=O) groups is 1. The van der Waals surface area contributed by atoms with Gasteiger partial charge >= 0.3 is 5.97 Å². The van der Waals surface area contributed by atoms with Crippen molar-refractivity contribution in [1.82, 2.24) is 4.90 Å². The van der Waals surface area contributed by atoms with Crippen LogP contribution in [0.2, 0.25) is 0 Å². The van der Waals surface area contributed by atoms with Crippen LogP contribution in [-0.2, 0) is 16.6 Å². The van der Waals surface area contributed by atoms with E-state index < -0.39 is 12.1 Å². The normalized spacial score (nSPS) is 27.6. The number of fused-ring (bicyclic) bond motifs is 4. The summed E-state index contributed by atoms with van der Waals surface area (Å²) in [5.74, 6) is -0.145. The number of aliphatic hydroxyl groups is 1. The minimum Gasteiger partial charge on any atom is -0.508 e. The van der Waals surface area contributed by atoms with Gasteiger partial charge in [0.2, 0.25) is 0 Å². The number of phenols is 1. The Kier molecular flexibility index (Phi) is 6.71. The summed E-state index contributed by atoms with van der Waals surface area (Å²) in [6.07, 6.45) is 3.41. The maximum atomic E-state index is 9.87. The van der Waals surface area contributed by atoms with Gasteiger partial charge in [0.1, 0.15) is 11.9 Å². The Balaban J connectivity index is 0.000000380. The highest BCUT2D eigenvalue weighted by atomic mass is 16.4. The number of aliphatic carboxylic acids is 1. The van der Waals surface area contributed by atoms with Crippen LogP contribution in [0.1, 0.15) is 52.2 Å². The first kappa shape index (κ1) is 21.5. The predicted octanol–water partition coefficient (Wildman–Crippen LogP) is 3.33. The highest BCUT2D eigenvalue weighted by Crippen LogP contribution is 2.49. The van der Waals surface area contributed by atoms with E-state index in [1.54, 1.807) is 0 Å². The summed E-state index contributed by atoms with van der Waals surface area (Å²) in [6, 6.07) is 6.60. The zero-order valence-electron chi connectivity index (χ0n) is 17.1. The van der Waals surface area contributed by atoms with Crippen LogP contribution in [0, 0.1) is 5.92 Å². The molecule has 0 aromatic heterocycles. The van der Waals surface area contributed by atoms with Crippen molar-refractivity contribution in [1.29, 1.82) is 0 Å². The second-order valence-electron chi connectivity index (χ2n) is 8.36. The Bertz CT molecular complexity index is 708. The maximum absolute atomic E-state index is 9.87. The average molecular weight is 376 g/mol. The molecule has 1 fully saturated rings. The molecule has 5 nitrogen and oxygen atoms in total. The third kappa shape index (κ3) is 4.71. The standard InChI is InChI=1S/C19H27NO.C3H6O3/c1-13(2)7-9-20-10-8-19(4)14(3)18(20)11-15-5-6-16(21)12-17(15)19;1-2(4)3(5)6/h5-7,12,14,18,21H,8-11H2,1-4H3;2,4H,1H3,(H,5,6)/t14-,18+,19-;/m1./s1. The molecule has 1 aromatic rings. The summed E-state index contributed by atoms with van der Waals surface area (Å²) in [6.45, 7) is 12.6. The molecule has 1 aromatic carbocycles. The molecule has 0 spiro atoms. The van der Waals surface area contributed by atoms with Gasteiger partial charge in [-0.1, -0.05) is 31.6 Å². The Morgan fingerprint density at radius 3 is 2.59 bits per heavy atom. The SMILES string of the molecule is CC(C)=CCN1CC[C@@]2(C)c3cc(O)ccc3C[C@H]1[C@H]2C.CC(O)C(=O)O. The van der Waals surface area contributed by atoms with E-state index in [9.17, 15) is 9.90 Å². The molecule has 1 saturated heterocycles. The van der Waals surface area contributed by atoms with E-state index in [1.807, 2.05) is 12.1 Å². The predicted molar refractivity (Wildman–Crippen MR) is 107 cm³/mol. The number of benzene rings is 1. The number of likely N-dealkylation sites (tertiary alicyclic amines) is 1. The molecule has 0 radical (unpaired) electrons. The van der Waals surface area contributed by atoms with Crippen molar-refractivity contribution in [3.63, 3.8) is 0 Å². The highest BCUT2D eigenvalue weighted by molar-refractivity contribution is 5.71. The van der Waals surface area contributed by atoms with Gasteiger partial charge in [0.05, 0.1) is 0 Å². The number of hydrogen-bond donors (Lipinski definition) is 3. The molecule has 0 saturated carbocycles. The van der Waals surface area contributed by atoms with E-state index in [-0.39, 0.29) is 5.41 Å². The fourth-order valence-corrected chi connectivity index (χ4v) is 4.22. The zero-order valence-corrected chi connectivity index (χ0v) is 17.1. The van der Waals surface area contributed by atoms with Gasteiger partial charge < -0.3 is 15.3 Å². The summed E-state index contributed by atoms with van der Waals surface area (Å²) >= 11 is 0. The van der Waals surface area contributed by atoms with Crippen LogP contribution in [0.5, 0.6) is 5.75 Å². The molecule has 150 valence electrons. The topological polar surface area (TPSA) is 81.0 Å². The van der Waals surface area contributed by atoms with Crippen molar-refractivity contribution in [2.45, 2.75) is 65.0 Å². The molecule has 2 bridgehead atoms. The molecule has 3 N–H and O–H groups in total. The molecule has 1 unspecified atom stereocenters. The van der Waals surface area contributed by atoms with E-state index in [0.717, 1.165) is 19.5 Å². The first-order valence-corrected chi connectivity index (χ1v) is 9.67. The number of aliphatic hydroxyl groups excluding tert-OH is 1. The fraction of sp³-hybridized carbons (Fsp3) is 0.591. The molecular formula is C22H33NO4. The monoisotopic (exact) mass is 375 g/mol. The van der Waals surface area contributed by atoms with Gasteiger partial charge in [-0.3, -0.25) is 4.90 Å². The number of piperidine rings is 1. The molecule has 0 amide bonds. The van der Waals surface area contributed by atoms with E-state index >= 15 is 0 Å². The number of carboxylic acids is 1. The van der Waals surface area contributed by atoms with E-state index in [1.165, 1.54) is 30.0 Å². The molecule has 4 atom stereocenters. The molecule has 5 heteroatoms. The van der Waals surface area contributed by atoms with Crippen LogP contribution < -0.4 is 0 Å². The first-order valence-electron chi connectivity index (χ1n) is 9.67. The molecular weight excluding hydrogens is 342 g/mol. The van der Waals surface area contributed by atoms with Crippen LogP contribution in [0.4, 0.5) is 0 Å². The van der Waals surface area contributed by atoms with Gasteiger partial charge in [-0.05, 0) is 74.8 Å². The summed E-state index contributed by atoms with van der Waals surface area (Å²) in [7, 11) is 0. The van der Waals surface area contributed by atoms with E-state index in [4.69, 9.17) is 10.2 Å². The van der Waals surface area contributed by atoms with Crippen LogP contribution in [0.3, 0.4) is 0 Å². The number of allylic oxidation sites excluding steroid dienone is 1. The minimum absolute atomic E-state index is 0.207. The summed E-state index contributed by atoms with van der Waals surface area (Å²) in [4.78, 5) is 12.1. The Morgan fingerprint density at radius 2 is 2.04 bits per heavy atom. The number of hydrogen-bond acceptors (Lipinski definition) is 4. The van der Waals surface area contributed by atoms with Crippen LogP contribution in [0.25, 0.3) is 0 Å². The Hall–Kier alpha value is -1.85. The lowest BCUT2D eigenvalue weighted by Crippen LogP contribution is -2.57. The summed E-state index contributed by atoms with van der Waals surface area (Å²) in [5.41, 5.74) is 4.42. The van der Waals surface area contributed by atoms with Crippen molar-refractivity contribution < 1.29 is 20.1 Å². The van der Waals surface area contributed by atoms with Gasteiger partial charge in [-0.2, -0.15) is 0 Å². The van der Waals surface area contributed by atoms with Crippen molar-refractivity contribution in [2.24, 2.45) is 5.92 Å². The number of carboxylic acid groups (broad SMARTS) is 1. The lowest BCUT2D eigenvalue weighted by atomic mass is 9.59. The fourth-order valence-electron chi connectivity index (χ4n) is 4.22. The smallest absolute Gasteiger partial charge is 0.332 e. The van der Waals surface area contributed by atoms with E-state index in [0.29, 0.717) is 17.7 Å². The van der Waals surface area contributed by atoms with Crippen LogP contribution >= 0.6 is 0 Å². The van der Waals surface area contributed by atoms with Crippen molar-refractivity contribution in [3.05, 3.63) is 41.0 Å². The largest absolute Gasteiger partial charge is 0.508 e. The van der Waals surface area contributed by atoms with Gasteiger partial charge in [0, 0.05) is 12.6 Å². The lowest BCUT2D eigenvalue weighted by molar-refractivity contribution is -0.145. The van der Waals surface area contributed by atoms with Crippen molar-refractivity contribution >= 4 is 5.97 Å². The quantitative estimate of drug-likeness (QED) is 0.706. The number of nitrogens with zero attached hydrogens (tertiary/aromatic N) is 1. The molecule has 3 rings (SSSR count). The molecule has 1 aliphatic heterocycles. The number of phenolic OH excluding ortho intramolecular Hbond substituents is 1. The molecule has 1 aliphatic carbocycles. The van der Waals surface area contributed by atoms with Gasteiger partial charge in [0.15, 0.2) is 0 Å². The number of aromatic hydroxyl groups is 1. The van der Waals surface area contributed by atoms with Crippen molar-refractivity contribution in [2.75, 3.05) is 13.1 Å². The minimum atomic E-state index is -1.23. The van der Waals surface area contributed by atoms with Gasteiger partial charge in [-0.15, -0.1) is 0 Å². The number of rotatable bonds is 3. The third-order valence-corrected chi connectivity index (χ3v) is 6.20. The second-order valence-corrected chi connectivity index (χ2v) is 8.36. The van der Waals surface area contributed by atoms with E-state index in [2.05, 4.69) is 44.7 Å². The summed E-state index contributed by atoms with van der Waals surface area (Å²) in [5, 5.41) is 25.6. The Morgan fingerprint density at radius 1 is 1.41 bits per heavy atom. The molecule has 27 heavy (non-hydrogen) atoms. The van der Waals surface area contributed by atoms with Crippen molar-refractivity contribution in [3.8, 4) is 5.75 Å². The zero-order chi connectivity index (χ0) is 20.4. The van der Waals surface area contributed by atoms with Crippen LogP contribution in [0.15, 0.2) is 29.8 Å². The third-order valence-electron chi connectivity index (χ3n) is 6.20. The van der Waals surface area contributed by atoms with Gasteiger partial charge in [0.25, 0.3) is 0 Å². The second kappa shape index (κ2) is 8.44. The average Bonchev–Trinajstić information content (AvgIpc) is 2.58. The highest BCUT2D eigenvalue weighted by Gasteiger charge is 2.48. The Labute approximate surface area is 162 Å². The lowest BCUT2D eigenvalue weighted by Gasteiger charge is -2.54. The maximum Gasteiger partial charge on any atom is 0.332 e. The first-order chi connectivity index (χ1) is 12.6. The van der Waals surface area contributed by atoms with Gasteiger partial charge in [-0.25, -0.2) is 4.79 Å². The molecule has 2 aliphatic rings. The molecule has 1 heterocycles.